The van der Waals surface area contributed by atoms with Crippen molar-refractivity contribution in [2.75, 3.05) is 11.4 Å². The van der Waals surface area contributed by atoms with Crippen molar-refractivity contribution in [1.29, 1.82) is 0 Å². The number of nitrogens with zero attached hydrogens (tertiary/aromatic N) is 1. The molecule has 1 N–H and O–H groups in total. The first-order valence-electron chi connectivity index (χ1n) is 7.95. The Morgan fingerprint density at radius 3 is 2.52 bits per heavy atom. The zero-order valence-electron chi connectivity index (χ0n) is 14.0. The van der Waals surface area contributed by atoms with Crippen molar-refractivity contribution >= 4 is 15.7 Å². The number of aromatic nitrogens is 1. The summed E-state index contributed by atoms with van der Waals surface area (Å²) in [7, 11) is -2.12. The Kier molecular flexibility index (Phi) is 3.58. The Balaban J connectivity index is 1.85. The maximum absolute atomic E-state index is 13.2. The number of ether oxygens (including phenoxy) is 1. The van der Waals surface area contributed by atoms with E-state index in [2.05, 4.69) is 4.98 Å². The number of aryl methyl sites for hydroxylation is 1. The maximum atomic E-state index is 13.2. The smallest absolute Gasteiger partial charge is 0.264 e. The molecule has 6 heteroatoms. The van der Waals surface area contributed by atoms with Gasteiger partial charge in [-0.3, -0.25) is 4.31 Å². The number of fused-ring (bicyclic) bond motifs is 3. The molecule has 0 bridgehead atoms. The average Bonchev–Trinajstić information content (AvgIpc) is 3.02. The van der Waals surface area contributed by atoms with Crippen molar-refractivity contribution in [1.82, 2.24) is 4.98 Å². The van der Waals surface area contributed by atoms with Crippen molar-refractivity contribution < 1.29 is 13.2 Å². The summed E-state index contributed by atoms with van der Waals surface area (Å²) in [5.74, 6) is 0.626. The fraction of sp³-hybridized carbons (Fsp3) is 0.158. The predicted octanol–water partition coefficient (Wildman–Crippen LogP) is 3.71. The highest BCUT2D eigenvalue weighted by molar-refractivity contribution is 7.92. The van der Waals surface area contributed by atoms with E-state index in [9.17, 15) is 8.42 Å². The van der Waals surface area contributed by atoms with E-state index in [1.807, 2.05) is 37.3 Å². The fourth-order valence-electron chi connectivity index (χ4n) is 3.21. The van der Waals surface area contributed by atoms with Gasteiger partial charge in [0.05, 0.1) is 29.9 Å². The summed E-state index contributed by atoms with van der Waals surface area (Å²) in [4.78, 5) is 3.55. The Labute approximate surface area is 146 Å². The zero-order valence-corrected chi connectivity index (χ0v) is 14.8. The van der Waals surface area contributed by atoms with Gasteiger partial charge < -0.3 is 9.72 Å². The van der Waals surface area contributed by atoms with Gasteiger partial charge in [0, 0.05) is 11.3 Å². The summed E-state index contributed by atoms with van der Waals surface area (Å²) in [5.41, 5.74) is 4.49. The van der Waals surface area contributed by atoms with E-state index < -0.39 is 10.0 Å². The van der Waals surface area contributed by atoms with Crippen LogP contribution in [0.1, 0.15) is 11.3 Å². The number of sulfonamides is 1. The van der Waals surface area contributed by atoms with Crippen LogP contribution in [0.5, 0.6) is 5.75 Å². The highest BCUT2D eigenvalue weighted by Crippen LogP contribution is 2.41. The average molecular weight is 354 g/mol. The number of hydrogen-bond acceptors (Lipinski definition) is 3. The van der Waals surface area contributed by atoms with E-state index in [-0.39, 0.29) is 4.90 Å². The molecule has 0 radical (unpaired) electrons. The minimum absolute atomic E-state index is 0.248. The van der Waals surface area contributed by atoms with Crippen molar-refractivity contribution in [2.45, 2.75) is 18.4 Å². The molecule has 0 atom stereocenters. The van der Waals surface area contributed by atoms with E-state index in [1.54, 1.807) is 31.4 Å². The highest BCUT2D eigenvalue weighted by atomic mass is 32.2. The van der Waals surface area contributed by atoms with E-state index in [1.165, 1.54) is 4.31 Å². The number of rotatable bonds is 3. The summed E-state index contributed by atoms with van der Waals surface area (Å²) in [6.45, 7) is 2.24. The lowest BCUT2D eigenvalue weighted by atomic mass is 10.0. The van der Waals surface area contributed by atoms with Crippen molar-refractivity contribution in [3.63, 3.8) is 0 Å². The molecule has 0 saturated heterocycles. The van der Waals surface area contributed by atoms with Crippen LogP contribution in [0.15, 0.2) is 59.5 Å². The van der Waals surface area contributed by atoms with Crippen LogP contribution in [0.2, 0.25) is 0 Å². The third kappa shape index (κ3) is 2.49. The summed E-state index contributed by atoms with van der Waals surface area (Å²) in [5, 5.41) is 0. The maximum Gasteiger partial charge on any atom is 0.264 e. The predicted molar refractivity (Wildman–Crippen MR) is 97.3 cm³/mol. The Bertz CT molecular complexity index is 1040. The molecule has 0 aliphatic carbocycles. The fourth-order valence-corrected chi connectivity index (χ4v) is 4.65. The third-order valence-corrected chi connectivity index (χ3v) is 6.22. The molecule has 128 valence electrons. The number of methoxy groups -OCH3 is 1. The number of anilines is 1. The van der Waals surface area contributed by atoms with Crippen LogP contribution in [-0.4, -0.2) is 20.5 Å². The molecule has 5 nitrogen and oxygen atoms in total. The molecule has 2 aromatic carbocycles. The summed E-state index contributed by atoms with van der Waals surface area (Å²) >= 11 is 0. The van der Waals surface area contributed by atoms with Crippen LogP contribution in [0, 0.1) is 6.92 Å². The van der Waals surface area contributed by atoms with Crippen LogP contribution in [0.25, 0.3) is 11.3 Å². The number of nitrogens with one attached hydrogen (secondary N) is 1. The number of aromatic amines is 1. The Hall–Kier alpha value is -2.73. The third-order valence-electron chi connectivity index (χ3n) is 4.45. The molecule has 0 spiro atoms. The minimum atomic E-state index is -3.67. The molecule has 1 aliphatic heterocycles. The van der Waals surface area contributed by atoms with E-state index in [0.717, 1.165) is 22.5 Å². The lowest BCUT2D eigenvalue weighted by Crippen LogP contribution is -2.32. The zero-order chi connectivity index (χ0) is 17.6. The molecule has 25 heavy (non-hydrogen) atoms. The Morgan fingerprint density at radius 2 is 1.80 bits per heavy atom. The first-order chi connectivity index (χ1) is 12.0. The van der Waals surface area contributed by atoms with E-state index in [0.29, 0.717) is 18.0 Å². The molecule has 1 aromatic heterocycles. The van der Waals surface area contributed by atoms with Gasteiger partial charge in [0.25, 0.3) is 10.0 Å². The summed E-state index contributed by atoms with van der Waals surface area (Å²) in [6.07, 6.45) is 0. The number of benzene rings is 2. The van der Waals surface area contributed by atoms with Gasteiger partial charge >= 0.3 is 0 Å². The van der Waals surface area contributed by atoms with Gasteiger partial charge in [-0.25, -0.2) is 8.42 Å². The topological polar surface area (TPSA) is 62.4 Å². The molecular weight excluding hydrogens is 336 g/mol. The molecule has 1 aliphatic rings. The van der Waals surface area contributed by atoms with Gasteiger partial charge in [-0.2, -0.15) is 0 Å². The lowest BCUT2D eigenvalue weighted by Gasteiger charge is -2.30. The van der Waals surface area contributed by atoms with Crippen molar-refractivity contribution in [3.8, 4) is 17.0 Å². The molecule has 2 heterocycles. The SMILES string of the molecule is COc1ccc(S(=O)(=O)N2Cc3ccccc3-c3[nH]c(C)cc32)cc1. The molecular formula is C19H18N2O3S. The van der Waals surface area contributed by atoms with Gasteiger partial charge in [0.15, 0.2) is 0 Å². The normalized spacial score (nSPS) is 13.3. The largest absolute Gasteiger partial charge is 0.497 e. The molecule has 3 aromatic rings. The minimum Gasteiger partial charge on any atom is -0.497 e. The quantitative estimate of drug-likeness (QED) is 0.780. The summed E-state index contributed by atoms with van der Waals surface area (Å²) in [6, 6.07) is 16.2. The second-order valence-electron chi connectivity index (χ2n) is 6.06. The van der Waals surface area contributed by atoms with Crippen LogP contribution < -0.4 is 9.04 Å². The van der Waals surface area contributed by atoms with Crippen LogP contribution in [-0.2, 0) is 16.6 Å². The highest BCUT2D eigenvalue weighted by Gasteiger charge is 2.32. The van der Waals surface area contributed by atoms with Gasteiger partial charge in [-0.1, -0.05) is 24.3 Å². The van der Waals surface area contributed by atoms with E-state index in [4.69, 9.17) is 4.74 Å². The van der Waals surface area contributed by atoms with Crippen molar-refractivity contribution in [2.24, 2.45) is 0 Å². The van der Waals surface area contributed by atoms with Gasteiger partial charge in [0.2, 0.25) is 0 Å². The van der Waals surface area contributed by atoms with Gasteiger partial charge in [-0.05, 0) is 42.8 Å². The van der Waals surface area contributed by atoms with Gasteiger partial charge in [0.1, 0.15) is 5.75 Å². The molecule has 0 fully saturated rings. The second-order valence-corrected chi connectivity index (χ2v) is 7.92. The molecule has 0 amide bonds. The standard InChI is InChI=1S/C19H18N2O3S/c1-13-11-18-19(20-13)17-6-4-3-5-14(17)12-21(18)25(22,23)16-9-7-15(24-2)8-10-16/h3-11,20H,12H2,1-2H3. The molecule has 0 unspecified atom stereocenters. The molecule has 0 saturated carbocycles. The van der Waals surface area contributed by atoms with Crippen molar-refractivity contribution in [3.05, 3.63) is 65.9 Å². The lowest BCUT2D eigenvalue weighted by molar-refractivity contribution is 0.414. The van der Waals surface area contributed by atoms with Crippen LogP contribution in [0.3, 0.4) is 0 Å². The van der Waals surface area contributed by atoms with Gasteiger partial charge in [-0.15, -0.1) is 0 Å². The number of hydrogen-bond donors (Lipinski definition) is 1. The van der Waals surface area contributed by atoms with Crippen LogP contribution in [0.4, 0.5) is 5.69 Å². The first kappa shape index (κ1) is 15.8. The molecule has 4 rings (SSSR count). The monoisotopic (exact) mass is 354 g/mol. The summed E-state index contributed by atoms with van der Waals surface area (Å²) < 4.78 is 33.1. The second kappa shape index (κ2) is 5.67. The first-order valence-corrected chi connectivity index (χ1v) is 9.39. The van der Waals surface area contributed by atoms with Crippen LogP contribution >= 0.6 is 0 Å². The van der Waals surface area contributed by atoms with E-state index >= 15 is 0 Å². The Morgan fingerprint density at radius 1 is 1.08 bits per heavy atom. The number of H-pyrrole nitrogens is 1.